The summed E-state index contributed by atoms with van der Waals surface area (Å²) in [4.78, 5) is 30.4. The van der Waals surface area contributed by atoms with Crippen molar-refractivity contribution in [3.63, 3.8) is 0 Å². The van der Waals surface area contributed by atoms with Gasteiger partial charge in [0.2, 0.25) is 5.91 Å². The molecule has 0 saturated heterocycles. The molecule has 0 aliphatic rings. The minimum absolute atomic E-state index is 0.111. The summed E-state index contributed by atoms with van der Waals surface area (Å²) < 4.78 is 2.21. The number of rotatable bonds is 5. The Morgan fingerprint density at radius 2 is 2.00 bits per heavy atom. The third-order valence-electron chi connectivity index (χ3n) is 4.71. The molecule has 0 bridgehead atoms. The van der Waals surface area contributed by atoms with E-state index < -0.39 is 0 Å². The van der Waals surface area contributed by atoms with E-state index in [0.717, 1.165) is 16.8 Å². The highest BCUT2D eigenvalue weighted by Crippen LogP contribution is 2.26. The highest BCUT2D eigenvalue weighted by molar-refractivity contribution is 7.99. The monoisotopic (exact) mass is 455 g/mol. The zero-order chi connectivity index (χ0) is 21.3. The number of thiophene rings is 1. The highest BCUT2D eigenvalue weighted by Gasteiger charge is 2.17. The van der Waals surface area contributed by atoms with Gasteiger partial charge in [0.05, 0.1) is 17.0 Å². The number of hydrogen-bond donors (Lipinski definition) is 1. The van der Waals surface area contributed by atoms with Crippen LogP contribution in [0.15, 0.2) is 63.9 Å². The first kappa shape index (κ1) is 20.7. The SMILES string of the molecule is Cc1cccc(-n2c(SCC(=O)Nc3cccc(Cl)c3)nc3ccsc3c2=O)c1C. The van der Waals surface area contributed by atoms with Crippen LogP contribution in [0.2, 0.25) is 5.02 Å². The Kier molecular flexibility index (Phi) is 5.94. The van der Waals surface area contributed by atoms with Gasteiger partial charge < -0.3 is 5.32 Å². The number of carbonyl (C=O) groups is 1. The maximum atomic E-state index is 13.3. The lowest BCUT2D eigenvalue weighted by atomic mass is 10.1. The molecule has 8 heteroatoms. The van der Waals surface area contributed by atoms with Gasteiger partial charge in [-0.2, -0.15) is 0 Å². The van der Waals surface area contributed by atoms with E-state index in [9.17, 15) is 9.59 Å². The van der Waals surface area contributed by atoms with Gasteiger partial charge in [-0.3, -0.25) is 14.2 Å². The lowest BCUT2D eigenvalue weighted by Crippen LogP contribution is -2.23. The van der Waals surface area contributed by atoms with Crippen molar-refractivity contribution in [3.05, 3.63) is 80.4 Å². The van der Waals surface area contributed by atoms with E-state index >= 15 is 0 Å². The lowest BCUT2D eigenvalue weighted by Gasteiger charge is -2.15. The van der Waals surface area contributed by atoms with Crippen LogP contribution in [-0.2, 0) is 4.79 Å². The fourth-order valence-corrected chi connectivity index (χ4v) is 4.83. The van der Waals surface area contributed by atoms with Gasteiger partial charge in [0.25, 0.3) is 5.56 Å². The Bertz CT molecular complexity index is 1310. The van der Waals surface area contributed by atoms with E-state index in [1.165, 1.54) is 23.1 Å². The fraction of sp³-hybridized carbons (Fsp3) is 0.136. The number of nitrogens with one attached hydrogen (secondary N) is 1. The number of halogens is 1. The number of aromatic nitrogens is 2. The number of nitrogens with zero attached hydrogens (tertiary/aromatic N) is 2. The summed E-state index contributed by atoms with van der Waals surface area (Å²) in [6.07, 6.45) is 0. The molecule has 0 spiro atoms. The predicted octanol–water partition coefficient (Wildman–Crippen LogP) is 5.45. The highest BCUT2D eigenvalue weighted by atomic mass is 35.5. The molecule has 2 aromatic carbocycles. The largest absolute Gasteiger partial charge is 0.325 e. The van der Waals surface area contributed by atoms with Crippen LogP contribution in [0.1, 0.15) is 11.1 Å². The molecule has 0 saturated carbocycles. The normalized spacial score (nSPS) is 11.0. The lowest BCUT2D eigenvalue weighted by molar-refractivity contribution is -0.113. The van der Waals surface area contributed by atoms with Gasteiger partial charge in [-0.25, -0.2) is 4.98 Å². The molecule has 2 aromatic heterocycles. The molecule has 152 valence electrons. The third-order valence-corrected chi connectivity index (χ3v) is 6.77. The van der Waals surface area contributed by atoms with Crippen molar-refractivity contribution in [1.29, 1.82) is 0 Å². The number of thioether (sulfide) groups is 1. The molecule has 0 atom stereocenters. The fourth-order valence-electron chi connectivity index (χ4n) is 3.07. The van der Waals surface area contributed by atoms with E-state index in [-0.39, 0.29) is 17.2 Å². The molecule has 4 aromatic rings. The Balaban J connectivity index is 1.69. The van der Waals surface area contributed by atoms with Crippen LogP contribution in [0, 0.1) is 13.8 Å². The molecule has 1 N–H and O–H groups in total. The summed E-state index contributed by atoms with van der Waals surface area (Å²) in [5.41, 5.74) is 4.01. The molecular weight excluding hydrogens is 438 g/mol. The molecule has 0 fully saturated rings. The number of hydrogen-bond acceptors (Lipinski definition) is 5. The van der Waals surface area contributed by atoms with Crippen LogP contribution < -0.4 is 10.9 Å². The van der Waals surface area contributed by atoms with Gasteiger partial charge in [0.1, 0.15) is 4.70 Å². The van der Waals surface area contributed by atoms with E-state index in [1.54, 1.807) is 28.8 Å². The Labute approximate surface area is 186 Å². The first-order chi connectivity index (χ1) is 14.4. The number of carbonyl (C=O) groups excluding carboxylic acids is 1. The summed E-state index contributed by atoms with van der Waals surface area (Å²) in [5.74, 6) is -0.0890. The first-order valence-electron chi connectivity index (χ1n) is 9.19. The van der Waals surface area contributed by atoms with Crippen LogP contribution in [0.25, 0.3) is 15.9 Å². The van der Waals surface area contributed by atoms with Crippen molar-refractivity contribution in [2.45, 2.75) is 19.0 Å². The second kappa shape index (κ2) is 8.63. The van der Waals surface area contributed by atoms with Crippen molar-refractivity contribution in [2.75, 3.05) is 11.1 Å². The molecule has 0 radical (unpaired) electrons. The van der Waals surface area contributed by atoms with Gasteiger partial charge in [-0.05, 0) is 60.7 Å². The van der Waals surface area contributed by atoms with E-state index in [0.29, 0.717) is 26.1 Å². The average molecular weight is 456 g/mol. The molecule has 4 rings (SSSR count). The third kappa shape index (κ3) is 4.14. The van der Waals surface area contributed by atoms with Crippen LogP contribution in [-0.4, -0.2) is 21.2 Å². The van der Waals surface area contributed by atoms with Crippen molar-refractivity contribution in [2.24, 2.45) is 0 Å². The molecule has 0 aliphatic carbocycles. The van der Waals surface area contributed by atoms with Gasteiger partial charge in [-0.15, -0.1) is 11.3 Å². The molecular formula is C22H18ClN3O2S2. The van der Waals surface area contributed by atoms with E-state index in [2.05, 4.69) is 10.3 Å². The summed E-state index contributed by atoms with van der Waals surface area (Å²) in [6, 6.07) is 14.6. The molecule has 0 unspecified atom stereocenters. The van der Waals surface area contributed by atoms with Gasteiger partial charge in [-0.1, -0.05) is 41.6 Å². The second-order valence-corrected chi connectivity index (χ2v) is 9.03. The topological polar surface area (TPSA) is 64.0 Å². The summed E-state index contributed by atoms with van der Waals surface area (Å²) >= 11 is 8.58. The van der Waals surface area contributed by atoms with Gasteiger partial charge in [0, 0.05) is 10.7 Å². The van der Waals surface area contributed by atoms with Gasteiger partial charge >= 0.3 is 0 Å². The zero-order valence-electron chi connectivity index (χ0n) is 16.3. The quantitative estimate of drug-likeness (QED) is 0.321. The minimum Gasteiger partial charge on any atom is -0.325 e. The Hall–Kier alpha value is -2.61. The van der Waals surface area contributed by atoms with Crippen LogP contribution in [0.5, 0.6) is 0 Å². The zero-order valence-corrected chi connectivity index (χ0v) is 18.7. The summed E-state index contributed by atoms with van der Waals surface area (Å²) in [5, 5.41) is 5.71. The number of aryl methyl sites for hydroxylation is 1. The maximum Gasteiger partial charge on any atom is 0.276 e. The Morgan fingerprint density at radius 1 is 1.20 bits per heavy atom. The number of amides is 1. The van der Waals surface area contributed by atoms with Crippen LogP contribution in [0.4, 0.5) is 5.69 Å². The smallest absolute Gasteiger partial charge is 0.276 e. The molecule has 30 heavy (non-hydrogen) atoms. The van der Waals surface area contributed by atoms with Crippen LogP contribution in [0.3, 0.4) is 0 Å². The van der Waals surface area contributed by atoms with Crippen LogP contribution >= 0.6 is 34.7 Å². The molecule has 5 nitrogen and oxygen atoms in total. The second-order valence-electron chi connectivity index (χ2n) is 6.74. The van der Waals surface area contributed by atoms with Crippen molar-refractivity contribution < 1.29 is 4.79 Å². The summed E-state index contributed by atoms with van der Waals surface area (Å²) in [6.45, 7) is 3.99. The van der Waals surface area contributed by atoms with E-state index in [4.69, 9.17) is 11.6 Å². The summed E-state index contributed by atoms with van der Waals surface area (Å²) in [7, 11) is 0. The molecule has 2 heterocycles. The number of benzene rings is 2. The average Bonchev–Trinajstić information content (AvgIpc) is 3.18. The molecule has 0 aliphatic heterocycles. The van der Waals surface area contributed by atoms with E-state index in [1.807, 2.05) is 43.5 Å². The standard InChI is InChI=1S/C22H18ClN3O2S2/c1-13-5-3-8-18(14(13)2)26-21(28)20-17(9-10-29-20)25-22(26)30-12-19(27)24-16-7-4-6-15(23)11-16/h3-11H,12H2,1-2H3,(H,24,27). The number of fused-ring (bicyclic) bond motifs is 1. The van der Waals surface area contributed by atoms with Crippen molar-refractivity contribution >= 4 is 56.5 Å². The maximum absolute atomic E-state index is 13.3. The molecule has 1 amide bonds. The van der Waals surface area contributed by atoms with Gasteiger partial charge in [0.15, 0.2) is 5.16 Å². The minimum atomic E-state index is -0.200. The Morgan fingerprint density at radius 3 is 2.80 bits per heavy atom. The predicted molar refractivity (Wildman–Crippen MR) is 125 cm³/mol. The van der Waals surface area contributed by atoms with Crippen molar-refractivity contribution in [1.82, 2.24) is 9.55 Å². The first-order valence-corrected chi connectivity index (χ1v) is 11.4. The number of anilines is 1. The van der Waals surface area contributed by atoms with Crippen molar-refractivity contribution in [3.8, 4) is 5.69 Å².